The quantitative estimate of drug-likeness (QED) is 0.753. The van der Waals surface area contributed by atoms with Crippen molar-refractivity contribution in [3.63, 3.8) is 0 Å². The van der Waals surface area contributed by atoms with Crippen LogP contribution in [0.5, 0.6) is 0 Å². The number of hydrogen-bond donors (Lipinski definition) is 2. The molecule has 0 bridgehead atoms. The molecule has 0 radical (unpaired) electrons. The third-order valence-electron chi connectivity index (χ3n) is 2.74. The van der Waals surface area contributed by atoms with Gasteiger partial charge in [0.1, 0.15) is 12.0 Å². The first kappa shape index (κ1) is 14.1. The van der Waals surface area contributed by atoms with Crippen LogP contribution in [0.3, 0.4) is 0 Å². The van der Waals surface area contributed by atoms with E-state index in [-0.39, 0.29) is 24.2 Å². The van der Waals surface area contributed by atoms with Gasteiger partial charge >= 0.3 is 6.01 Å². The van der Waals surface area contributed by atoms with Crippen molar-refractivity contribution in [2.75, 3.05) is 5.32 Å². The first-order chi connectivity index (χ1) is 10.7. The molecular weight excluding hydrogens is 306 g/mol. The predicted octanol–water partition coefficient (Wildman–Crippen LogP) is 2.51. The SMILES string of the molecule is O=C(Nc1nc(C(=O)NCc2ccco2)co1)c1ccsc1. The summed E-state index contributed by atoms with van der Waals surface area (Å²) in [7, 11) is 0. The first-order valence-electron chi connectivity index (χ1n) is 6.32. The van der Waals surface area contributed by atoms with Gasteiger partial charge in [0.05, 0.1) is 18.4 Å². The van der Waals surface area contributed by atoms with E-state index in [0.717, 1.165) is 0 Å². The average molecular weight is 317 g/mol. The Morgan fingerprint density at radius 1 is 1.23 bits per heavy atom. The van der Waals surface area contributed by atoms with Gasteiger partial charge in [-0.15, -0.1) is 0 Å². The van der Waals surface area contributed by atoms with Crippen LogP contribution < -0.4 is 10.6 Å². The number of aromatic nitrogens is 1. The minimum absolute atomic E-state index is 0.0284. The van der Waals surface area contributed by atoms with Gasteiger partial charge in [-0.3, -0.25) is 14.9 Å². The van der Waals surface area contributed by atoms with E-state index in [9.17, 15) is 9.59 Å². The Morgan fingerprint density at radius 2 is 2.14 bits per heavy atom. The van der Waals surface area contributed by atoms with Gasteiger partial charge in [-0.2, -0.15) is 16.3 Å². The van der Waals surface area contributed by atoms with Gasteiger partial charge in [-0.1, -0.05) is 0 Å². The van der Waals surface area contributed by atoms with Gasteiger partial charge < -0.3 is 14.2 Å². The Kier molecular flexibility index (Phi) is 4.01. The molecule has 3 aromatic rings. The van der Waals surface area contributed by atoms with E-state index in [1.807, 2.05) is 0 Å². The van der Waals surface area contributed by atoms with E-state index >= 15 is 0 Å². The fourth-order valence-corrected chi connectivity index (χ4v) is 2.31. The third-order valence-corrected chi connectivity index (χ3v) is 3.43. The molecule has 2 N–H and O–H groups in total. The van der Waals surface area contributed by atoms with Gasteiger partial charge in [0.2, 0.25) is 0 Å². The number of nitrogens with zero attached hydrogens (tertiary/aromatic N) is 1. The minimum atomic E-state index is -0.420. The van der Waals surface area contributed by atoms with Crippen LogP contribution in [0.1, 0.15) is 26.6 Å². The highest BCUT2D eigenvalue weighted by Crippen LogP contribution is 2.12. The van der Waals surface area contributed by atoms with Crippen molar-refractivity contribution in [1.82, 2.24) is 10.3 Å². The lowest BCUT2D eigenvalue weighted by atomic mass is 10.3. The smallest absolute Gasteiger partial charge is 0.302 e. The average Bonchev–Trinajstić information content (AvgIpc) is 3.25. The zero-order chi connectivity index (χ0) is 15.4. The Bertz CT molecular complexity index is 762. The van der Waals surface area contributed by atoms with Crippen LogP contribution in [-0.4, -0.2) is 16.8 Å². The van der Waals surface area contributed by atoms with Crippen molar-refractivity contribution in [2.24, 2.45) is 0 Å². The lowest BCUT2D eigenvalue weighted by Gasteiger charge is -1.99. The molecule has 7 nitrogen and oxygen atoms in total. The number of carbonyl (C=O) groups excluding carboxylic acids is 2. The van der Waals surface area contributed by atoms with Gasteiger partial charge in [-0.25, -0.2) is 0 Å². The zero-order valence-electron chi connectivity index (χ0n) is 11.2. The number of furan rings is 1. The fraction of sp³-hybridized carbons (Fsp3) is 0.0714. The van der Waals surface area contributed by atoms with E-state index in [4.69, 9.17) is 8.83 Å². The summed E-state index contributed by atoms with van der Waals surface area (Å²) in [6.07, 6.45) is 2.70. The Hall–Kier alpha value is -2.87. The monoisotopic (exact) mass is 317 g/mol. The van der Waals surface area contributed by atoms with Crippen LogP contribution >= 0.6 is 11.3 Å². The predicted molar refractivity (Wildman–Crippen MR) is 78.7 cm³/mol. The van der Waals surface area contributed by atoms with E-state index < -0.39 is 5.91 Å². The number of rotatable bonds is 5. The summed E-state index contributed by atoms with van der Waals surface area (Å²) >= 11 is 1.41. The second-order valence-electron chi connectivity index (χ2n) is 4.27. The number of hydrogen-bond acceptors (Lipinski definition) is 6. The summed E-state index contributed by atoms with van der Waals surface area (Å²) in [6.45, 7) is 0.245. The zero-order valence-corrected chi connectivity index (χ0v) is 12.1. The highest BCUT2D eigenvalue weighted by Gasteiger charge is 2.15. The van der Waals surface area contributed by atoms with Gasteiger partial charge in [0.15, 0.2) is 5.69 Å². The Balaban J connectivity index is 1.58. The molecule has 0 aromatic carbocycles. The highest BCUT2D eigenvalue weighted by molar-refractivity contribution is 7.08. The van der Waals surface area contributed by atoms with Crippen LogP contribution in [0.2, 0.25) is 0 Å². The van der Waals surface area contributed by atoms with Crippen LogP contribution in [0, 0.1) is 0 Å². The molecule has 3 heterocycles. The van der Waals surface area contributed by atoms with Gasteiger partial charge in [0.25, 0.3) is 11.8 Å². The van der Waals surface area contributed by atoms with Gasteiger partial charge in [0, 0.05) is 5.38 Å². The summed E-state index contributed by atoms with van der Waals surface area (Å²) in [5, 5.41) is 8.60. The molecule has 0 aliphatic heterocycles. The number of oxazole rings is 1. The van der Waals surface area contributed by atoms with Crippen molar-refractivity contribution in [2.45, 2.75) is 6.54 Å². The molecule has 0 atom stereocenters. The summed E-state index contributed by atoms with van der Waals surface area (Å²) < 4.78 is 10.2. The third kappa shape index (κ3) is 3.23. The van der Waals surface area contributed by atoms with E-state index in [1.54, 1.807) is 29.0 Å². The highest BCUT2D eigenvalue weighted by atomic mass is 32.1. The minimum Gasteiger partial charge on any atom is -0.467 e. The maximum absolute atomic E-state index is 11.9. The molecule has 0 fully saturated rings. The lowest BCUT2D eigenvalue weighted by Crippen LogP contribution is -2.23. The van der Waals surface area contributed by atoms with Crippen molar-refractivity contribution >= 4 is 29.2 Å². The van der Waals surface area contributed by atoms with E-state index in [2.05, 4.69) is 15.6 Å². The van der Waals surface area contributed by atoms with Crippen molar-refractivity contribution < 1.29 is 18.4 Å². The van der Waals surface area contributed by atoms with Crippen LogP contribution in [0.4, 0.5) is 6.01 Å². The van der Waals surface area contributed by atoms with E-state index in [1.165, 1.54) is 23.9 Å². The van der Waals surface area contributed by atoms with Crippen molar-refractivity contribution in [1.29, 1.82) is 0 Å². The van der Waals surface area contributed by atoms with Gasteiger partial charge in [-0.05, 0) is 23.6 Å². The van der Waals surface area contributed by atoms with Crippen LogP contribution in [0.25, 0.3) is 0 Å². The molecule has 3 rings (SSSR count). The topological polar surface area (TPSA) is 97.4 Å². The fourth-order valence-electron chi connectivity index (χ4n) is 1.67. The Labute approximate surface area is 129 Å². The largest absolute Gasteiger partial charge is 0.467 e. The molecule has 0 saturated heterocycles. The number of carbonyl (C=O) groups is 2. The summed E-state index contributed by atoms with van der Waals surface area (Å²) in [5.41, 5.74) is 0.583. The molecular formula is C14H11N3O4S. The maximum atomic E-state index is 11.9. The normalized spacial score (nSPS) is 10.4. The molecule has 2 amide bonds. The first-order valence-corrected chi connectivity index (χ1v) is 7.26. The summed E-state index contributed by atoms with van der Waals surface area (Å²) in [4.78, 5) is 27.6. The second-order valence-corrected chi connectivity index (χ2v) is 5.05. The van der Waals surface area contributed by atoms with Crippen molar-refractivity contribution in [3.05, 3.63) is 58.5 Å². The molecule has 0 aliphatic rings. The second kappa shape index (κ2) is 6.27. The molecule has 22 heavy (non-hydrogen) atoms. The summed E-state index contributed by atoms with van der Waals surface area (Å²) in [5.74, 6) is -0.135. The maximum Gasteiger partial charge on any atom is 0.302 e. The Morgan fingerprint density at radius 3 is 2.86 bits per heavy atom. The standard InChI is InChI=1S/C14H11N3O4S/c18-12(9-3-5-22-8-9)17-14-16-11(7-21-14)13(19)15-6-10-2-1-4-20-10/h1-5,7-8H,6H2,(H,15,19)(H,16,17,18). The number of amides is 2. The van der Waals surface area contributed by atoms with Crippen LogP contribution in [0.15, 0.2) is 50.3 Å². The number of nitrogens with one attached hydrogen (secondary N) is 2. The molecule has 0 unspecified atom stereocenters. The molecule has 3 aromatic heterocycles. The number of anilines is 1. The molecule has 8 heteroatoms. The van der Waals surface area contributed by atoms with Crippen LogP contribution in [-0.2, 0) is 6.54 Å². The van der Waals surface area contributed by atoms with Crippen molar-refractivity contribution in [3.8, 4) is 0 Å². The molecule has 112 valence electrons. The summed E-state index contributed by atoms with van der Waals surface area (Å²) in [6, 6.07) is 5.13. The number of thiophene rings is 1. The molecule has 0 spiro atoms. The lowest BCUT2D eigenvalue weighted by molar-refractivity contribution is 0.0942. The molecule has 0 aliphatic carbocycles. The van der Waals surface area contributed by atoms with E-state index in [0.29, 0.717) is 11.3 Å². The molecule has 0 saturated carbocycles.